The number of likely N-dealkylation sites (tertiary alicyclic amines) is 1. The second kappa shape index (κ2) is 8.97. The van der Waals surface area contributed by atoms with E-state index in [9.17, 15) is 14.9 Å². The van der Waals surface area contributed by atoms with Crippen LogP contribution in [0, 0.1) is 22.7 Å². The van der Waals surface area contributed by atoms with E-state index in [2.05, 4.69) is 54.9 Å². The molecule has 1 aromatic rings. The zero-order chi connectivity index (χ0) is 20.9. The summed E-state index contributed by atoms with van der Waals surface area (Å²) in [5.74, 6) is 0.783. The number of nitrogens with two attached hydrogens (primary N) is 1. The molecule has 2 heterocycles. The van der Waals surface area contributed by atoms with Crippen LogP contribution in [0.5, 0.6) is 0 Å². The van der Waals surface area contributed by atoms with Crippen molar-refractivity contribution in [3.05, 3.63) is 35.9 Å². The lowest BCUT2D eigenvalue weighted by molar-refractivity contribution is -0.142. The number of amides is 2. The number of β-lactam (4-membered cyclic amide) rings is 1. The van der Waals surface area contributed by atoms with Gasteiger partial charge in [0.15, 0.2) is 0 Å². The molecule has 1 aromatic carbocycles. The molecule has 3 atom stereocenters. The average Bonchev–Trinajstić information content (AvgIpc) is 2.92. The number of hydrogen-bond donors (Lipinski definition) is 3. The quantitative estimate of drug-likeness (QED) is 0.520. The third-order valence-electron chi connectivity index (χ3n) is 5.38. The molecule has 0 aromatic heterocycles. The summed E-state index contributed by atoms with van der Waals surface area (Å²) in [6.45, 7) is 7.80. The summed E-state index contributed by atoms with van der Waals surface area (Å²) in [7, 11) is 0. The van der Waals surface area contributed by atoms with E-state index in [1.165, 1.54) is 0 Å². The SMILES string of the molecule is CC(C)CN1C(c2ccccc2)C(C)(C#N)CC12CNC2=O.NC(=O)CCS. The molecule has 3 unspecified atom stereocenters. The molecule has 2 aliphatic rings. The van der Waals surface area contributed by atoms with Gasteiger partial charge in [-0.15, -0.1) is 0 Å². The van der Waals surface area contributed by atoms with Crippen molar-refractivity contribution in [2.24, 2.45) is 17.1 Å². The first-order chi connectivity index (χ1) is 13.2. The van der Waals surface area contributed by atoms with Crippen molar-refractivity contribution in [1.82, 2.24) is 10.2 Å². The van der Waals surface area contributed by atoms with E-state index in [4.69, 9.17) is 5.73 Å². The highest BCUT2D eigenvalue weighted by molar-refractivity contribution is 7.80. The highest BCUT2D eigenvalue weighted by atomic mass is 32.1. The molecular weight excluding hydrogens is 372 g/mol. The maximum atomic E-state index is 12.4. The molecular formula is C21H30N4O2S. The zero-order valence-electron chi connectivity index (χ0n) is 16.8. The summed E-state index contributed by atoms with van der Waals surface area (Å²) in [6.07, 6.45) is 0.984. The van der Waals surface area contributed by atoms with Crippen molar-refractivity contribution in [3.63, 3.8) is 0 Å². The van der Waals surface area contributed by atoms with Crippen molar-refractivity contribution in [1.29, 1.82) is 5.26 Å². The van der Waals surface area contributed by atoms with Gasteiger partial charge in [0.05, 0.1) is 17.5 Å². The topological polar surface area (TPSA) is 99.2 Å². The van der Waals surface area contributed by atoms with Gasteiger partial charge in [-0.3, -0.25) is 14.5 Å². The smallest absolute Gasteiger partial charge is 0.242 e. The van der Waals surface area contributed by atoms with E-state index in [1.54, 1.807) is 0 Å². The fourth-order valence-electron chi connectivity index (χ4n) is 4.20. The van der Waals surface area contributed by atoms with Crippen LogP contribution in [-0.4, -0.2) is 41.1 Å². The summed E-state index contributed by atoms with van der Waals surface area (Å²) >= 11 is 3.76. The Bertz CT molecular complexity index is 749. The van der Waals surface area contributed by atoms with E-state index >= 15 is 0 Å². The first-order valence-electron chi connectivity index (χ1n) is 9.60. The van der Waals surface area contributed by atoms with Crippen LogP contribution in [0.25, 0.3) is 0 Å². The number of thiol groups is 1. The van der Waals surface area contributed by atoms with Crippen molar-refractivity contribution in [3.8, 4) is 6.07 Å². The molecule has 0 radical (unpaired) electrons. The van der Waals surface area contributed by atoms with Crippen molar-refractivity contribution < 1.29 is 9.59 Å². The van der Waals surface area contributed by atoms with E-state index < -0.39 is 11.0 Å². The van der Waals surface area contributed by atoms with Crippen LogP contribution in [0.4, 0.5) is 0 Å². The minimum Gasteiger partial charge on any atom is -0.370 e. The number of rotatable bonds is 5. The molecule has 2 aliphatic heterocycles. The van der Waals surface area contributed by atoms with Crippen LogP contribution in [0.15, 0.2) is 30.3 Å². The fraction of sp³-hybridized carbons (Fsp3) is 0.571. The van der Waals surface area contributed by atoms with Crippen LogP contribution in [0.3, 0.4) is 0 Å². The molecule has 2 saturated heterocycles. The highest BCUT2D eigenvalue weighted by Crippen LogP contribution is 2.55. The Kier molecular flexibility index (Phi) is 7.13. The summed E-state index contributed by atoms with van der Waals surface area (Å²) in [4.78, 5) is 24.4. The summed E-state index contributed by atoms with van der Waals surface area (Å²) in [6, 6.07) is 12.6. The highest BCUT2D eigenvalue weighted by Gasteiger charge is 2.65. The largest absolute Gasteiger partial charge is 0.370 e. The number of carbonyl (C=O) groups is 2. The maximum absolute atomic E-state index is 12.4. The predicted molar refractivity (Wildman–Crippen MR) is 112 cm³/mol. The number of nitrogens with zero attached hydrogens (tertiary/aromatic N) is 2. The van der Waals surface area contributed by atoms with Crippen molar-refractivity contribution >= 4 is 24.4 Å². The molecule has 3 N–H and O–H groups in total. The molecule has 2 amide bonds. The Hall–Kier alpha value is -2.04. The van der Waals surface area contributed by atoms with Gasteiger partial charge in [-0.1, -0.05) is 44.2 Å². The van der Waals surface area contributed by atoms with Gasteiger partial charge in [-0.05, 0) is 30.6 Å². The molecule has 0 saturated carbocycles. The van der Waals surface area contributed by atoms with Gasteiger partial charge < -0.3 is 11.1 Å². The average molecular weight is 403 g/mol. The van der Waals surface area contributed by atoms with Crippen LogP contribution >= 0.6 is 12.6 Å². The molecule has 152 valence electrons. The first-order valence-corrected chi connectivity index (χ1v) is 10.2. The maximum Gasteiger partial charge on any atom is 0.242 e. The Morgan fingerprint density at radius 2 is 2.07 bits per heavy atom. The third kappa shape index (κ3) is 4.34. The molecule has 0 aliphatic carbocycles. The molecule has 1 spiro atoms. The summed E-state index contributed by atoms with van der Waals surface area (Å²) in [5, 5.41) is 12.7. The van der Waals surface area contributed by atoms with Gasteiger partial charge in [0.25, 0.3) is 0 Å². The minimum atomic E-state index is -0.548. The molecule has 28 heavy (non-hydrogen) atoms. The second-order valence-corrected chi connectivity index (χ2v) is 8.67. The van der Waals surface area contributed by atoms with Crippen LogP contribution in [-0.2, 0) is 9.59 Å². The number of primary amides is 1. The third-order valence-corrected chi connectivity index (χ3v) is 5.60. The zero-order valence-corrected chi connectivity index (χ0v) is 17.7. The van der Waals surface area contributed by atoms with Crippen LogP contribution < -0.4 is 11.1 Å². The van der Waals surface area contributed by atoms with Gasteiger partial charge in [0.2, 0.25) is 11.8 Å². The number of carbonyl (C=O) groups excluding carboxylic acids is 2. The number of benzene rings is 1. The van der Waals surface area contributed by atoms with Crippen LogP contribution in [0.2, 0.25) is 0 Å². The fourth-order valence-corrected chi connectivity index (χ4v) is 4.42. The number of nitrogens with one attached hydrogen (secondary N) is 1. The van der Waals surface area contributed by atoms with E-state index in [0.717, 1.165) is 12.1 Å². The van der Waals surface area contributed by atoms with Gasteiger partial charge in [0, 0.05) is 19.5 Å². The molecule has 2 fully saturated rings. The Balaban J connectivity index is 0.000000409. The minimum absolute atomic E-state index is 0.0350. The van der Waals surface area contributed by atoms with Gasteiger partial charge >= 0.3 is 0 Å². The van der Waals surface area contributed by atoms with Crippen molar-refractivity contribution in [2.75, 3.05) is 18.8 Å². The molecule has 3 rings (SSSR count). The van der Waals surface area contributed by atoms with Gasteiger partial charge in [-0.25, -0.2) is 0 Å². The first kappa shape index (κ1) is 22.3. The van der Waals surface area contributed by atoms with Crippen molar-refractivity contribution in [2.45, 2.75) is 45.2 Å². The predicted octanol–water partition coefficient (Wildman–Crippen LogP) is 2.28. The van der Waals surface area contributed by atoms with Gasteiger partial charge in [0.1, 0.15) is 5.54 Å². The van der Waals surface area contributed by atoms with Crippen LogP contribution in [0.1, 0.15) is 45.2 Å². The Morgan fingerprint density at radius 1 is 1.43 bits per heavy atom. The number of nitriles is 1. The standard InChI is InChI=1S/C18H23N3O.C3H7NOS/c1-13(2)9-21-15(14-7-5-4-6-8-14)17(3,11-19)10-18(21)12-20-16(18)22;4-3(5)1-2-6/h4-8,13,15H,9-10,12H2,1-3H3,(H,20,22);6H,1-2H2,(H2,4,5). The van der Waals surface area contributed by atoms with E-state index in [1.807, 2.05) is 25.1 Å². The second-order valence-electron chi connectivity index (χ2n) is 8.22. The molecule has 6 nitrogen and oxygen atoms in total. The van der Waals surface area contributed by atoms with E-state index in [-0.39, 0.29) is 17.9 Å². The summed E-state index contributed by atoms with van der Waals surface area (Å²) < 4.78 is 0. The lowest BCUT2D eigenvalue weighted by atomic mass is 9.75. The monoisotopic (exact) mass is 402 g/mol. The lowest BCUT2D eigenvalue weighted by Gasteiger charge is -2.46. The lowest BCUT2D eigenvalue weighted by Crippen LogP contribution is -2.71. The number of hydrogen-bond acceptors (Lipinski definition) is 5. The van der Waals surface area contributed by atoms with E-state index in [0.29, 0.717) is 31.1 Å². The molecule has 7 heteroatoms. The Morgan fingerprint density at radius 3 is 2.43 bits per heavy atom. The molecule has 0 bridgehead atoms. The Labute approximate surface area is 172 Å². The normalized spacial score (nSPS) is 28.9. The summed E-state index contributed by atoms with van der Waals surface area (Å²) in [5.41, 5.74) is 4.79. The van der Waals surface area contributed by atoms with Gasteiger partial charge in [-0.2, -0.15) is 17.9 Å².